The number of aromatic hydroxyl groups is 1. The number of phenols is 1. The molecule has 1 aliphatic heterocycles. The van der Waals surface area contributed by atoms with Crippen LogP contribution < -0.4 is 11.1 Å². The Balaban J connectivity index is 1.53. The Morgan fingerprint density at radius 2 is 2.00 bits per heavy atom. The molecule has 3 heterocycles. The van der Waals surface area contributed by atoms with Gasteiger partial charge in [0.1, 0.15) is 11.6 Å². The number of nitrogens with zero attached hydrogens (tertiary/aromatic N) is 2. The largest absolute Gasteiger partial charge is 0.507 e. The van der Waals surface area contributed by atoms with E-state index in [-0.39, 0.29) is 17.4 Å². The highest BCUT2D eigenvalue weighted by atomic mass is 16.4. The quantitative estimate of drug-likeness (QED) is 0.401. The number of aryl methyl sites for hydroxylation is 2. The van der Waals surface area contributed by atoms with Crippen LogP contribution in [0.2, 0.25) is 0 Å². The van der Waals surface area contributed by atoms with Crippen LogP contribution in [0.5, 0.6) is 5.75 Å². The molecule has 1 amide bonds. The number of amides is 1. The third-order valence-corrected chi connectivity index (χ3v) is 7.18. The molecule has 0 spiro atoms. The number of nitrogens with one attached hydrogen (secondary N) is 1. The molecule has 2 aliphatic rings. The van der Waals surface area contributed by atoms with Gasteiger partial charge in [-0.15, -0.1) is 0 Å². The number of phenolic OH excluding ortho intramolecular Hbond substituents is 1. The Labute approximate surface area is 202 Å². The first-order valence-electron chi connectivity index (χ1n) is 12.3. The summed E-state index contributed by atoms with van der Waals surface area (Å²) in [6.07, 6.45) is 5.47. The van der Waals surface area contributed by atoms with Gasteiger partial charge in [0.25, 0.3) is 0 Å². The number of anilines is 1. The van der Waals surface area contributed by atoms with Crippen LogP contribution in [0.3, 0.4) is 0 Å². The summed E-state index contributed by atoms with van der Waals surface area (Å²) in [6.45, 7) is 2.44. The van der Waals surface area contributed by atoms with E-state index in [1.165, 1.54) is 12.8 Å². The van der Waals surface area contributed by atoms with E-state index in [1.54, 1.807) is 10.6 Å². The first-order chi connectivity index (χ1) is 17.0. The van der Waals surface area contributed by atoms with Crippen LogP contribution in [0.15, 0.2) is 51.7 Å². The molecule has 2 aromatic carbocycles. The molecule has 1 saturated carbocycles. The molecule has 0 saturated heterocycles. The fraction of sp³-hybridized carbons (Fsp3) is 0.321. The minimum atomic E-state index is -0.376. The fourth-order valence-corrected chi connectivity index (χ4v) is 5.14. The average Bonchev–Trinajstić information content (AvgIpc) is 3.62. The fourth-order valence-electron chi connectivity index (χ4n) is 5.14. The Bertz CT molecular complexity index is 1530. The number of aromatic nitrogens is 2. The summed E-state index contributed by atoms with van der Waals surface area (Å²) >= 11 is 0. The minimum Gasteiger partial charge on any atom is -0.507 e. The van der Waals surface area contributed by atoms with Crippen molar-refractivity contribution in [1.29, 1.82) is 0 Å². The van der Waals surface area contributed by atoms with E-state index < -0.39 is 0 Å². The van der Waals surface area contributed by atoms with Crippen molar-refractivity contribution in [2.45, 2.75) is 52.0 Å². The van der Waals surface area contributed by atoms with Gasteiger partial charge in [-0.2, -0.15) is 0 Å². The highest BCUT2D eigenvalue weighted by molar-refractivity contribution is 5.96. The van der Waals surface area contributed by atoms with Crippen LogP contribution in [-0.4, -0.2) is 20.6 Å². The van der Waals surface area contributed by atoms with E-state index >= 15 is 0 Å². The second-order valence-electron chi connectivity index (χ2n) is 9.52. The Morgan fingerprint density at radius 1 is 1.14 bits per heavy atom. The van der Waals surface area contributed by atoms with Gasteiger partial charge in [-0.25, -0.2) is 9.78 Å². The number of carbonyl (C=O) groups excluding carboxylic acids is 1. The maximum Gasteiger partial charge on any atom is 0.419 e. The summed E-state index contributed by atoms with van der Waals surface area (Å²) in [4.78, 5) is 29.3. The van der Waals surface area contributed by atoms with E-state index in [1.807, 2.05) is 43.3 Å². The van der Waals surface area contributed by atoms with Crippen LogP contribution >= 0.6 is 0 Å². The van der Waals surface area contributed by atoms with Crippen molar-refractivity contribution in [3.05, 3.63) is 64.1 Å². The maximum atomic E-state index is 12.2. The Kier molecular flexibility index (Phi) is 5.20. The number of carbonyl (C=O) groups is 1. The molecule has 0 radical (unpaired) electrons. The average molecular weight is 470 g/mol. The highest BCUT2D eigenvalue weighted by Crippen LogP contribution is 2.41. The van der Waals surface area contributed by atoms with Crippen molar-refractivity contribution >= 4 is 22.8 Å². The molecule has 2 N–H and O–H groups in total. The van der Waals surface area contributed by atoms with Crippen molar-refractivity contribution in [2.75, 3.05) is 5.32 Å². The van der Waals surface area contributed by atoms with Crippen molar-refractivity contribution in [3.8, 4) is 28.1 Å². The van der Waals surface area contributed by atoms with Crippen molar-refractivity contribution < 1.29 is 14.3 Å². The second-order valence-corrected chi connectivity index (χ2v) is 9.52. The lowest BCUT2D eigenvalue weighted by atomic mass is 9.91. The van der Waals surface area contributed by atoms with Crippen molar-refractivity contribution in [1.82, 2.24) is 9.55 Å². The van der Waals surface area contributed by atoms with Gasteiger partial charge in [0.05, 0.1) is 11.2 Å². The lowest BCUT2D eigenvalue weighted by Gasteiger charge is -2.22. The SMILES string of the molecule is CCn1c(=O)oc2cc(-c3cc(-c4c(O)cccc4CCC4CC4)nc4c3CCC(=O)N4)ccc21. The van der Waals surface area contributed by atoms with Gasteiger partial charge in [-0.05, 0) is 73.1 Å². The monoisotopic (exact) mass is 469 g/mol. The molecule has 1 fully saturated rings. The Morgan fingerprint density at radius 3 is 2.80 bits per heavy atom. The number of oxazole rings is 1. The number of rotatable bonds is 6. The lowest BCUT2D eigenvalue weighted by Crippen LogP contribution is -2.21. The molecule has 1 aliphatic carbocycles. The molecule has 35 heavy (non-hydrogen) atoms. The van der Waals surface area contributed by atoms with Crippen LogP contribution in [0.1, 0.15) is 43.7 Å². The molecular formula is C28H27N3O4. The normalized spacial score (nSPS) is 15.3. The third-order valence-electron chi connectivity index (χ3n) is 7.18. The first kappa shape index (κ1) is 21.6. The maximum absolute atomic E-state index is 12.2. The molecule has 7 nitrogen and oxygen atoms in total. The number of pyridine rings is 1. The number of hydrogen-bond donors (Lipinski definition) is 2. The minimum absolute atomic E-state index is 0.0687. The van der Waals surface area contributed by atoms with E-state index in [2.05, 4.69) is 5.32 Å². The predicted octanol–water partition coefficient (Wildman–Crippen LogP) is 5.28. The zero-order valence-electron chi connectivity index (χ0n) is 19.6. The van der Waals surface area contributed by atoms with Gasteiger partial charge in [0, 0.05) is 24.1 Å². The van der Waals surface area contributed by atoms with Gasteiger partial charge in [-0.1, -0.05) is 31.0 Å². The van der Waals surface area contributed by atoms with E-state index in [4.69, 9.17) is 9.40 Å². The van der Waals surface area contributed by atoms with Crippen LogP contribution in [0.25, 0.3) is 33.5 Å². The Hall–Kier alpha value is -3.87. The standard InChI is InChI=1S/C28H27N3O4/c1-2-31-22-12-10-18(14-24(22)35-28(31)34)20-15-21(29-27-19(20)11-13-25(33)30-27)26-17(4-3-5-23(26)32)9-8-16-6-7-16/h3-5,10,12,14-16,32H,2,6-9,11,13H2,1H3,(H,29,30,33). The van der Waals surface area contributed by atoms with Crippen molar-refractivity contribution in [3.63, 3.8) is 0 Å². The molecule has 4 aromatic rings. The summed E-state index contributed by atoms with van der Waals surface area (Å²) in [5, 5.41) is 13.8. The van der Waals surface area contributed by atoms with E-state index in [9.17, 15) is 14.7 Å². The molecule has 7 heteroatoms. The van der Waals surface area contributed by atoms with Gasteiger partial charge in [0.15, 0.2) is 5.58 Å². The zero-order valence-corrected chi connectivity index (χ0v) is 19.6. The summed E-state index contributed by atoms with van der Waals surface area (Å²) < 4.78 is 7.11. The molecule has 178 valence electrons. The predicted molar refractivity (Wildman–Crippen MR) is 134 cm³/mol. The molecule has 0 atom stereocenters. The second kappa shape index (κ2) is 8.41. The highest BCUT2D eigenvalue weighted by Gasteiger charge is 2.25. The zero-order chi connectivity index (χ0) is 24.1. The molecule has 0 unspecified atom stereocenters. The van der Waals surface area contributed by atoms with Crippen molar-refractivity contribution in [2.24, 2.45) is 5.92 Å². The number of hydrogen-bond acceptors (Lipinski definition) is 5. The van der Waals surface area contributed by atoms with Gasteiger partial charge < -0.3 is 14.8 Å². The van der Waals surface area contributed by atoms with Crippen LogP contribution in [-0.2, 0) is 24.2 Å². The first-order valence-corrected chi connectivity index (χ1v) is 12.3. The van der Waals surface area contributed by atoms with Gasteiger partial charge >= 0.3 is 5.76 Å². The lowest BCUT2D eigenvalue weighted by molar-refractivity contribution is -0.116. The molecular weight excluding hydrogens is 442 g/mol. The summed E-state index contributed by atoms with van der Waals surface area (Å²) in [5.41, 5.74) is 6.39. The third kappa shape index (κ3) is 3.91. The van der Waals surface area contributed by atoms with Crippen LogP contribution in [0.4, 0.5) is 5.82 Å². The van der Waals surface area contributed by atoms with Gasteiger partial charge in [-0.3, -0.25) is 9.36 Å². The van der Waals surface area contributed by atoms with Gasteiger partial charge in [0.2, 0.25) is 5.91 Å². The summed E-state index contributed by atoms with van der Waals surface area (Å²) in [5.74, 6) is 1.03. The topological polar surface area (TPSA) is 97.4 Å². The molecule has 6 rings (SSSR count). The number of benzene rings is 2. The van der Waals surface area contributed by atoms with E-state index in [0.29, 0.717) is 42.0 Å². The molecule has 0 bridgehead atoms. The molecule has 2 aromatic heterocycles. The summed E-state index contributed by atoms with van der Waals surface area (Å²) in [6, 6.07) is 13.3. The summed E-state index contributed by atoms with van der Waals surface area (Å²) in [7, 11) is 0. The van der Waals surface area contributed by atoms with Crippen LogP contribution in [0, 0.1) is 5.92 Å². The number of fused-ring (bicyclic) bond motifs is 2. The smallest absolute Gasteiger partial charge is 0.419 e. The van der Waals surface area contributed by atoms with E-state index in [0.717, 1.165) is 46.5 Å².